The van der Waals surface area contributed by atoms with Crippen molar-refractivity contribution >= 4 is 62.3 Å². The van der Waals surface area contributed by atoms with E-state index in [1.165, 1.54) is 4.90 Å². The Kier molecular flexibility index (Phi) is 9.81. The van der Waals surface area contributed by atoms with Crippen molar-refractivity contribution in [2.24, 2.45) is 11.3 Å². The molecule has 2 aliphatic heterocycles. The van der Waals surface area contributed by atoms with E-state index in [4.69, 9.17) is 21.1 Å². The highest BCUT2D eigenvalue weighted by Crippen LogP contribution is 2.47. The lowest BCUT2D eigenvalue weighted by Crippen LogP contribution is -2.60. The van der Waals surface area contributed by atoms with Crippen molar-refractivity contribution in [1.29, 1.82) is 0 Å². The molecule has 3 fully saturated rings. The van der Waals surface area contributed by atoms with Crippen LogP contribution in [-0.4, -0.2) is 84.2 Å². The van der Waals surface area contributed by atoms with Gasteiger partial charge in [-0.3, -0.25) is 19.1 Å². The molecule has 2 aliphatic carbocycles. The third-order valence-electron chi connectivity index (χ3n) is 9.90. The summed E-state index contributed by atoms with van der Waals surface area (Å²) < 4.78 is 39.4. The number of benzene rings is 1. The second-order valence-corrected chi connectivity index (χ2v) is 17.1. The SMILES string of the molecule is CC[C@@H]1C[C@]1(NC(=O)[C@@H]1C[C@@H]2CN1C(=O)[C@H](C(C)(C)C)NC(=O)OCCC/C=C/c1ccc3cc(Cl)nc(c3c1)O2)C(=O)NS(=O)(=O)C1CC1. The number of hydrogen-bond donors (Lipinski definition) is 3. The van der Waals surface area contributed by atoms with Gasteiger partial charge < -0.3 is 25.0 Å². The van der Waals surface area contributed by atoms with Crippen LogP contribution in [0.2, 0.25) is 5.15 Å². The molecule has 2 saturated carbocycles. The average molecular weight is 730 g/mol. The van der Waals surface area contributed by atoms with Crippen molar-refractivity contribution in [3.8, 4) is 5.88 Å². The summed E-state index contributed by atoms with van der Waals surface area (Å²) in [5.41, 5.74) is -1.33. The van der Waals surface area contributed by atoms with Crippen LogP contribution < -0.4 is 20.1 Å². The lowest BCUT2D eigenvalue weighted by atomic mass is 9.85. The number of cyclic esters (lactones) is 1. The first-order valence-corrected chi connectivity index (χ1v) is 19.1. The number of alkyl carbamates (subject to hydrolysis) is 1. The predicted octanol–water partition coefficient (Wildman–Crippen LogP) is 4.08. The van der Waals surface area contributed by atoms with Crippen LogP contribution in [-0.2, 0) is 29.1 Å². The molecule has 0 radical (unpaired) electrons. The molecule has 15 heteroatoms. The number of rotatable bonds is 6. The summed E-state index contributed by atoms with van der Waals surface area (Å²) >= 11 is 6.40. The summed E-state index contributed by atoms with van der Waals surface area (Å²) in [5, 5.41) is 6.65. The van der Waals surface area contributed by atoms with E-state index in [-0.39, 0.29) is 42.9 Å². The number of allylic oxidation sites excluding steroid dienone is 1. The van der Waals surface area contributed by atoms with Gasteiger partial charge in [0.15, 0.2) is 0 Å². The van der Waals surface area contributed by atoms with Gasteiger partial charge in [-0.15, -0.1) is 0 Å². The van der Waals surface area contributed by atoms with E-state index in [0.29, 0.717) is 37.5 Å². The molecule has 6 rings (SSSR count). The smallest absolute Gasteiger partial charge is 0.407 e. The van der Waals surface area contributed by atoms with Crippen molar-refractivity contribution in [3.05, 3.63) is 41.1 Å². The van der Waals surface area contributed by atoms with Crippen LogP contribution in [0.5, 0.6) is 5.88 Å². The number of nitrogens with one attached hydrogen (secondary N) is 3. The van der Waals surface area contributed by atoms with Gasteiger partial charge in [-0.1, -0.05) is 70.0 Å². The van der Waals surface area contributed by atoms with Crippen LogP contribution in [0.4, 0.5) is 4.79 Å². The number of aromatic nitrogens is 1. The van der Waals surface area contributed by atoms with Gasteiger partial charge in [0.25, 0.3) is 5.91 Å². The molecule has 0 spiro atoms. The number of carbonyl (C=O) groups is 4. The normalized spacial score (nSPS) is 28.1. The summed E-state index contributed by atoms with van der Waals surface area (Å²) in [4.78, 5) is 60.9. The number of fused-ring (bicyclic) bond motifs is 3. The zero-order chi connectivity index (χ0) is 36.0. The fraction of sp³-hybridized carbons (Fsp3) is 0.571. The standard InChI is InChI=1S/C35H44ClN5O8S/c1-5-22-18-35(22,32(44)40-50(46,47)24-12-13-24)39-29(42)26-17-23-19-41(26)31(43)28(34(2,3)4)38-33(45)48-14-8-6-7-9-20-10-11-21-16-27(36)37-30(49-23)25(21)15-20/h7,9-11,15-16,22-24,26,28H,5-6,8,12-14,17-19H2,1-4H3,(H,38,45)(H,39,42)(H,40,44)/b9-7+/t22-,23-,26+,28-,35-/m1/s1. The lowest BCUT2D eigenvalue weighted by Gasteiger charge is -2.35. The minimum Gasteiger partial charge on any atom is -0.472 e. The number of ether oxygens (including phenoxy) is 2. The molecule has 4 aliphatic rings. The van der Waals surface area contributed by atoms with E-state index in [1.807, 2.05) is 37.3 Å². The molecule has 50 heavy (non-hydrogen) atoms. The second kappa shape index (κ2) is 13.7. The number of nitrogens with zero attached hydrogens (tertiary/aromatic N) is 2. The zero-order valence-corrected chi connectivity index (χ0v) is 30.2. The van der Waals surface area contributed by atoms with E-state index in [1.54, 1.807) is 26.8 Å². The monoisotopic (exact) mass is 729 g/mol. The molecule has 2 aromatic rings. The highest BCUT2D eigenvalue weighted by molar-refractivity contribution is 7.91. The first kappa shape index (κ1) is 35.9. The van der Waals surface area contributed by atoms with E-state index in [0.717, 1.165) is 10.9 Å². The molecule has 1 aromatic carbocycles. The Labute approximate surface area is 296 Å². The highest BCUT2D eigenvalue weighted by atomic mass is 35.5. The summed E-state index contributed by atoms with van der Waals surface area (Å²) in [6.07, 6.45) is 5.42. The van der Waals surface area contributed by atoms with Crippen LogP contribution in [0, 0.1) is 11.3 Å². The van der Waals surface area contributed by atoms with Gasteiger partial charge in [-0.05, 0) is 66.5 Å². The van der Waals surface area contributed by atoms with E-state index >= 15 is 0 Å². The van der Waals surface area contributed by atoms with Gasteiger partial charge in [0, 0.05) is 11.8 Å². The summed E-state index contributed by atoms with van der Waals surface area (Å²) in [7, 11) is -3.86. The summed E-state index contributed by atoms with van der Waals surface area (Å²) in [6, 6.07) is 5.29. The molecule has 0 unspecified atom stereocenters. The first-order valence-electron chi connectivity index (χ1n) is 17.2. The first-order chi connectivity index (χ1) is 23.6. The Morgan fingerprint density at radius 1 is 1.18 bits per heavy atom. The van der Waals surface area contributed by atoms with Crippen molar-refractivity contribution in [2.75, 3.05) is 13.2 Å². The third kappa shape index (κ3) is 7.56. The zero-order valence-electron chi connectivity index (χ0n) is 28.7. The minimum atomic E-state index is -3.86. The Morgan fingerprint density at radius 2 is 1.94 bits per heavy atom. The Morgan fingerprint density at radius 3 is 2.62 bits per heavy atom. The number of carbonyl (C=O) groups excluding carboxylic acids is 4. The molecule has 3 heterocycles. The van der Waals surface area contributed by atoms with Crippen molar-refractivity contribution in [2.45, 2.75) is 102 Å². The number of amides is 4. The second-order valence-electron chi connectivity index (χ2n) is 14.8. The van der Waals surface area contributed by atoms with E-state index < -0.39 is 68.2 Å². The third-order valence-corrected chi connectivity index (χ3v) is 11.9. The van der Waals surface area contributed by atoms with Gasteiger partial charge in [0.05, 0.1) is 18.4 Å². The maximum absolute atomic E-state index is 14.4. The van der Waals surface area contributed by atoms with Crippen LogP contribution in [0.1, 0.15) is 78.2 Å². The van der Waals surface area contributed by atoms with Crippen LogP contribution in [0.3, 0.4) is 0 Å². The Balaban J connectivity index is 1.34. The van der Waals surface area contributed by atoms with Gasteiger partial charge in [-0.25, -0.2) is 18.2 Å². The molecule has 1 aromatic heterocycles. The average Bonchev–Trinajstić information content (AvgIpc) is 3.97. The van der Waals surface area contributed by atoms with Crippen molar-refractivity contribution < 1.29 is 37.1 Å². The maximum atomic E-state index is 14.4. The number of pyridine rings is 1. The molecular formula is C35H44ClN5O8S. The highest BCUT2D eigenvalue weighted by Gasteiger charge is 2.62. The molecule has 270 valence electrons. The van der Waals surface area contributed by atoms with Gasteiger partial charge in [-0.2, -0.15) is 0 Å². The fourth-order valence-corrected chi connectivity index (χ4v) is 8.34. The molecule has 1 saturated heterocycles. The number of hydrogen-bond acceptors (Lipinski definition) is 9. The van der Waals surface area contributed by atoms with Crippen LogP contribution >= 0.6 is 11.6 Å². The topological polar surface area (TPSA) is 173 Å². The summed E-state index contributed by atoms with van der Waals surface area (Å²) in [5.74, 6) is -1.98. The Bertz CT molecular complexity index is 1840. The molecule has 5 atom stereocenters. The molecule has 4 bridgehead atoms. The van der Waals surface area contributed by atoms with Gasteiger partial charge in [0.1, 0.15) is 28.9 Å². The van der Waals surface area contributed by atoms with Gasteiger partial charge in [0.2, 0.25) is 27.7 Å². The van der Waals surface area contributed by atoms with Crippen molar-refractivity contribution in [1.82, 2.24) is 25.2 Å². The largest absolute Gasteiger partial charge is 0.472 e. The van der Waals surface area contributed by atoms with Crippen LogP contribution in [0.15, 0.2) is 30.3 Å². The lowest BCUT2D eigenvalue weighted by molar-refractivity contribution is -0.143. The maximum Gasteiger partial charge on any atom is 0.407 e. The number of halogens is 1. The Hall–Kier alpha value is -3.91. The predicted molar refractivity (Wildman–Crippen MR) is 187 cm³/mol. The summed E-state index contributed by atoms with van der Waals surface area (Å²) in [6.45, 7) is 7.33. The molecule has 4 amide bonds. The molecule has 13 nitrogen and oxygen atoms in total. The minimum absolute atomic E-state index is 0.0308. The quantitative estimate of drug-likeness (QED) is 0.371. The van der Waals surface area contributed by atoms with E-state index in [9.17, 15) is 27.6 Å². The van der Waals surface area contributed by atoms with Crippen molar-refractivity contribution in [3.63, 3.8) is 0 Å². The molecular weight excluding hydrogens is 686 g/mol. The van der Waals surface area contributed by atoms with Crippen LogP contribution in [0.25, 0.3) is 16.8 Å². The van der Waals surface area contributed by atoms with E-state index in [2.05, 4.69) is 20.3 Å². The number of sulfonamides is 1. The molecule has 3 N–H and O–H groups in total. The van der Waals surface area contributed by atoms with Gasteiger partial charge >= 0.3 is 6.09 Å². The fourth-order valence-electron chi connectivity index (χ4n) is 6.78.